The maximum Gasteiger partial charge on any atom is 0.233 e. The summed E-state index contributed by atoms with van der Waals surface area (Å²) in [5.41, 5.74) is 1.25. The molecule has 0 spiro atoms. The SMILES string of the molecule is CN1C(=O)[C@@H]2[C@H](C1=O)[C@H]1CC[C@@H]2C1NCc1ccccc1. The number of benzene rings is 1. The monoisotopic (exact) mass is 284 g/mol. The average Bonchev–Trinajstić information content (AvgIpc) is 3.12. The van der Waals surface area contributed by atoms with Gasteiger partial charge < -0.3 is 5.32 Å². The van der Waals surface area contributed by atoms with E-state index in [1.54, 1.807) is 7.05 Å². The molecule has 4 nitrogen and oxygen atoms in total. The predicted molar refractivity (Wildman–Crippen MR) is 78.0 cm³/mol. The highest BCUT2D eigenvalue weighted by atomic mass is 16.2. The van der Waals surface area contributed by atoms with Gasteiger partial charge in [-0.2, -0.15) is 0 Å². The van der Waals surface area contributed by atoms with Crippen molar-refractivity contribution in [1.29, 1.82) is 0 Å². The highest BCUT2D eigenvalue weighted by molar-refractivity contribution is 6.05. The molecule has 1 aromatic carbocycles. The summed E-state index contributed by atoms with van der Waals surface area (Å²) in [6.45, 7) is 0.816. The van der Waals surface area contributed by atoms with Crippen LogP contribution in [0.4, 0.5) is 0 Å². The van der Waals surface area contributed by atoms with Gasteiger partial charge in [-0.1, -0.05) is 30.3 Å². The molecule has 2 amide bonds. The molecule has 3 fully saturated rings. The second-order valence-electron chi connectivity index (χ2n) is 6.58. The number of imide groups is 1. The Morgan fingerprint density at radius 2 is 1.62 bits per heavy atom. The first kappa shape index (κ1) is 13.0. The molecular formula is C17H20N2O2. The van der Waals surface area contributed by atoms with Gasteiger partial charge in [-0.25, -0.2) is 0 Å². The van der Waals surface area contributed by atoms with Crippen molar-refractivity contribution in [3.05, 3.63) is 35.9 Å². The molecular weight excluding hydrogens is 264 g/mol. The smallest absolute Gasteiger partial charge is 0.233 e. The van der Waals surface area contributed by atoms with Crippen LogP contribution in [0, 0.1) is 23.7 Å². The lowest BCUT2D eigenvalue weighted by Crippen LogP contribution is -2.38. The van der Waals surface area contributed by atoms with Gasteiger partial charge in [-0.15, -0.1) is 0 Å². The summed E-state index contributed by atoms with van der Waals surface area (Å²) in [4.78, 5) is 25.9. The Bertz CT molecular complexity index is 556. The van der Waals surface area contributed by atoms with Crippen LogP contribution in [-0.4, -0.2) is 29.8 Å². The highest BCUT2D eigenvalue weighted by Gasteiger charge is 2.64. The number of hydrogen-bond donors (Lipinski definition) is 1. The second kappa shape index (κ2) is 4.67. The Morgan fingerprint density at radius 3 is 2.19 bits per heavy atom. The number of nitrogens with one attached hydrogen (secondary N) is 1. The van der Waals surface area contributed by atoms with E-state index in [2.05, 4.69) is 17.4 Å². The van der Waals surface area contributed by atoms with E-state index in [0.717, 1.165) is 19.4 Å². The van der Waals surface area contributed by atoms with Crippen molar-refractivity contribution in [3.8, 4) is 0 Å². The van der Waals surface area contributed by atoms with E-state index >= 15 is 0 Å². The third-order valence-electron chi connectivity index (χ3n) is 5.68. The quantitative estimate of drug-likeness (QED) is 0.854. The minimum Gasteiger partial charge on any atom is -0.309 e. The van der Waals surface area contributed by atoms with E-state index in [-0.39, 0.29) is 23.7 Å². The molecule has 4 rings (SSSR count). The van der Waals surface area contributed by atoms with Crippen LogP contribution in [0.15, 0.2) is 30.3 Å². The Morgan fingerprint density at radius 1 is 1.05 bits per heavy atom. The van der Waals surface area contributed by atoms with Crippen LogP contribution < -0.4 is 5.32 Å². The minimum atomic E-state index is -0.0606. The molecule has 2 saturated carbocycles. The van der Waals surface area contributed by atoms with E-state index in [9.17, 15) is 9.59 Å². The van der Waals surface area contributed by atoms with Crippen LogP contribution in [0.25, 0.3) is 0 Å². The molecule has 1 unspecified atom stereocenters. The molecule has 0 radical (unpaired) electrons. The van der Waals surface area contributed by atoms with E-state index < -0.39 is 0 Å². The van der Waals surface area contributed by atoms with Crippen LogP contribution in [0.1, 0.15) is 18.4 Å². The predicted octanol–water partition coefficient (Wildman–Crippen LogP) is 1.42. The molecule has 1 N–H and O–H groups in total. The first-order chi connectivity index (χ1) is 10.2. The number of rotatable bonds is 3. The lowest BCUT2D eigenvalue weighted by atomic mass is 9.81. The standard InChI is InChI=1S/C17H20N2O2/c1-19-16(20)13-11-7-8-12(14(13)17(19)21)15(11)18-9-10-5-3-2-4-6-10/h2-6,11-15,18H,7-9H2,1H3/t11-,12+,13-,14+,15?. The minimum absolute atomic E-state index is 0.0451. The molecule has 1 heterocycles. The maximum atomic E-state index is 12.3. The summed E-state index contributed by atoms with van der Waals surface area (Å²) < 4.78 is 0. The van der Waals surface area contributed by atoms with Gasteiger partial charge in [0.25, 0.3) is 0 Å². The zero-order valence-corrected chi connectivity index (χ0v) is 12.2. The zero-order valence-electron chi connectivity index (χ0n) is 12.2. The van der Waals surface area contributed by atoms with Crippen molar-refractivity contribution >= 4 is 11.8 Å². The van der Waals surface area contributed by atoms with Gasteiger partial charge in [-0.05, 0) is 30.2 Å². The van der Waals surface area contributed by atoms with Crippen molar-refractivity contribution in [2.24, 2.45) is 23.7 Å². The topological polar surface area (TPSA) is 49.4 Å². The first-order valence-electron chi connectivity index (χ1n) is 7.77. The Labute approximate surface area is 124 Å². The Balaban J connectivity index is 1.52. The molecule has 110 valence electrons. The summed E-state index contributed by atoms with van der Waals surface area (Å²) in [6.07, 6.45) is 2.15. The van der Waals surface area contributed by atoms with Crippen molar-refractivity contribution < 1.29 is 9.59 Å². The number of carbonyl (C=O) groups excluding carboxylic acids is 2. The Hall–Kier alpha value is -1.68. The van der Waals surface area contributed by atoms with Gasteiger partial charge in [-0.3, -0.25) is 14.5 Å². The van der Waals surface area contributed by atoms with Crippen molar-refractivity contribution in [2.45, 2.75) is 25.4 Å². The fourth-order valence-electron chi connectivity index (χ4n) is 4.76. The number of carbonyl (C=O) groups is 2. The normalized spacial score (nSPS) is 37.4. The summed E-state index contributed by atoms with van der Waals surface area (Å²) in [5.74, 6) is 0.645. The molecule has 5 atom stereocenters. The summed E-state index contributed by atoms with van der Waals surface area (Å²) >= 11 is 0. The maximum absolute atomic E-state index is 12.3. The molecule has 4 heteroatoms. The zero-order chi connectivity index (χ0) is 14.6. The molecule has 3 aliphatic rings. The third kappa shape index (κ3) is 1.78. The van der Waals surface area contributed by atoms with E-state index in [0.29, 0.717) is 17.9 Å². The lowest BCUT2D eigenvalue weighted by Gasteiger charge is -2.21. The number of fused-ring (bicyclic) bond motifs is 5. The van der Waals surface area contributed by atoms with Gasteiger partial charge in [0.15, 0.2) is 0 Å². The largest absolute Gasteiger partial charge is 0.309 e. The van der Waals surface area contributed by atoms with E-state index in [4.69, 9.17) is 0 Å². The fraction of sp³-hybridized carbons (Fsp3) is 0.529. The van der Waals surface area contributed by atoms with Crippen molar-refractivity contribution in [2.75, 3.05) is 7.05 Å². The average molecular weight is 284 g/mol. The van der Waals surface area contributed by atoms with Crippen LogP contribution in [0.3, 0.4) is 0 Å². The summed E-state index contributed by atoms with van der Waals surface area (Å²) in [6, 6.07) is 10.6. The van der Waals surface area contributed by atoms with Crippen LogP contribution in [0.2, 0.25) is 0 Å². The van der Waals surface area contributed by atoms with Crippen LogP contribution in [-0.2, 0) is 16.1 Å². The van der Waals surface area contributed by atoms with Crippen molar-refractivity contribution in [1.82, 2.24) is 10.2 Å². The molecule has 1 aromatic rings. The molecule has 1 saturated heterocycles. The van der Waals surface area contributed by atoms with Crippen LogP contribution in [0.5, 0.6) is 0 Å². The first-order valence-corrected chi connectivity index (χ1v) is 7.77. The lowest BCUT2D eigenvalue weighted by molar-refractivity contribution is -0.139. The second-order valence-corrected chi connectivity index (χ2v) is 6.58. The molecule has 21 heavy (non-hydrogen) atoms. The van der Waals surface area contributed by atoms with Gasteiger partial charge in [0.05, 0.1) is 11.8 Å². The summed E-state index contributed by atoms with van der Waals surface area (Å²) in [7, 11) is 1.63. The number of amides is 2. The third-order valence-corrected chi connectivity index (χ3v) is 5.68. The van der Waals surface area contributed by atoms with Gasteiger partial charge in [0.1, 0.15) is 0 Å². The number of hydrogen-bond acceptors (Lipinski definition) is 3. The van der Waals surface area contributed by atoms with Crippen molar-refractivity contribution in [3.63, 3.8) is 0 Å². The highest BCUT2D eigenvalue weighted by Crippen LogP contribution is 2.55. The fourth-order valence-corrected chi connectivity index (χ4v) is 4.76. The van der Waals surface area contributed by atoms with Gasteiger partial charge in [0, 0.05) is 19.6 Å². The van der Waals surface area contributed by atoms with E-state index in [1.807, 2.05) is 18.2 Å². The summed E-state index contributed by atoms with van der Waals surface area (Å²) in [5, 5.41) is 3.62. The number of nitrogens with zero attached hydrogens (tertiary/aromatic N) is 1. The van der Waals surface area contributed by atoms with Gasteiger partial charge in [0.2, 0.25) is 11.8 Å². The Kier molecular flexibility index (Phi) is 2.89. The van der Waals surface area contributed by atoms with Gasteiger partial charge >= 0.3 is 0 Å². The molecule has 0 aromatic heterocycles. The molecule has 1 aliphatic heterocycles. The molecule has 2 bridgehead atoms. The number of likely N-dealkylation sites (tertiary alicyclic amines) is 1. The van der Waals surface area contributed by atoms with E-state index in [1.165, 1.54) is 10.5 Å². The molecule has 2 aliphatic carbocycles. The van der Waals surface area contributed by atoms with Crippen LogP contribution >= 0.6 is 0 Å².